The first kappa shape index (κ1) is 11.2. The van der Waals surface area contributed by atoms with Crippen LogP contribution in [0.2, 0.25) is 5.02 Å². The van der Waals surface area contributed by atoms with Crippen molar-refractivity contribution in [3.63, 3.8) is 0 Å². The number of aliphatic hydroxyl groups excluding tert-OH is 1. The number of hydrogen-bond acceptors (Lipinski definition) is 1. The highest BCUT2D eigenvalue weighted by atomic mass is 35.5. The predicted molar refractivity (Wildman–Crippen MR) is 66.6 cm³/mol. The summed E-state index contributed by atoms with van der Waals surface area (Å²) in [6.07, 6.45) is 0.825. The monoisotopic (exact) mass is 232 g/mol. The maximum atomic E-state index is 8.94. The van der Waals surface area contributed by atoms with E-state index in [1.165, 1.54) is 5.56 Å². The van der Waals surface area contributed by atoms with Crippen molar-refractivity contribution in [3.05, 3.63) is 70.2 Å². The molecule has 2 heteroatoms. The van der Waals surface area contributed by atoms with Crippen molar-refractivity contribution in [2.45, 2.75) is 13.0 Å². The average Bonchev–Trinajstić information content (AvgIpc) is 2.33. The van der Waals surface area contributed by atoms with E-state index in [2.05, 4.69) is 0 Å². The Kier molecular flexibility index (Phi) is 3.60. The van der Waals surface area contributed by atoms with E-state index in [1.54, 1.807) is 0 Å². The normalized spacial score (nSPS) is 10.4. The first-order valence-electron chi connectivity index (χ1n) is 5.21. The van der Waals surface area contributed by atoms with E-state index in [4.69, 9.17) is 16.7 Å². The van der Waals surface area contributed by atoms with E-state index in [9.17, 15) is 0 Å². The molecule has 0 saturated carbocycles. The van der Waals surface area contributed by atoms with Gasteiger partial charge in [-0.2, -0.15) is 0 Å². The minimum Gasteiger partial charge on any atom is -0.392 e. The van der Waals surface area contributed by atoms with Crippen LogP contribution in [0.15, 0.2) is 48.5 Å². The molecule has 0 fully saturated rings. The molecular weight excluding hydrogens is 220 g/mol. The Morgan fingerprint density at radius 2 is 1.50 bits per heavy atom. The van der Waals surface area contributed by atoms with Crippen molar-refractivity contribution in [1.82, 2.24) is 0 Å². The maximum Gasteiger partial charge on any atom is 0.0681 e. The van der Waals surface area contributed by atoms with Crippen LogP contribution in [0.3, 0.4) is 0 Å². The third kappa shape index (κ3) is 2.63. The molecule has 0 aliphatic rings. The van der Waals surface area contributed by atoms with Crippen molar-refractivity contribution in [3.8, 4) is 0 Å². The van der Waals surface area contributed by atoms with Gasteiger partial charge in [-0.3, -0.25) is 0 Å². The molecule has 0 atom stereocenters. The third-order valence-electron chi connectivity index (χ3n) is 2.56. The van der Waals surface area contributed by atoms with Crippen LogP contribution in [0.1, 0.15) is 16.7 Å². The summed E-state index contributed by atoms with van der Waals surface area (Å²) in [5.41, 5.74) is 3.26. The van der Waals surface area contributed by atoms with Crippen molar-refractivity contribution in [2.24, 2.45) is 0 Å². The zero-order valence-corrected chi connectivity index (χ0v) is 9.61. The summed E-state index contributed by atoms with van der Waals surface area (Å²) in [5.74, 6) is 0. The van der Waals surface area contributed by atoms with Crippen LogP contribution < -0.4 is 0 Å². The molecule has 0 aliphatic carbocycles. The molecule has 0 spiro atoms. The topological polar surface area (TPSA) is 20.2 Å². The third-order valence-corrected chi connectivity index (χ3v) is 2.93. The lowest BCUT2D eigenvalue weighted by Gasteiger charge is -2.05. The number of rotatable bonds is 3. The first-order valence-corrected chi connectivity index (χ1v) is 5.59. The highest BCUT2D eigenvalue weighted by Crippen LogP contribution is 2.19. The predicted octanol–water partition coefficient (Wildman–Crippen LogP) is 3.42. The van der Waals surface area contributed by atoms with E-state index in [1.807, 2.05) is 48.5 Å². The van der Waals surface area contributed by atoms with Gasteiger partial charge in [0.1, 0.15) is 0 Å². The smallest absolute Gasteiger partial charge is 0.0681 e. The van der Waals surface area contributed by atoms with E-state index in [0.29, 0.717) is 0 Å². The van der Waals surface area contributed by atoms with Crippen molar-refractivity contribution in [1.29, 1.82) is 0 Å². The van der Waals surface area contributed by atoms with Crippen LogP contribution in [-0.4, -0.2) is 5.11 Å². The van der Waals surface area contributed by atoms with Crippen LogP contribution >= 0.6 is 11.6 Å². The second kappa shape index (κ2) is 5.15. The lowest BCUT2D eigenvalue weighted by molar-refractivity contribution is 0.282. The van der Waals surface area contributed by atoms with Gasteiger partial charge in [0.2, 0.25) is 0 Å². The maximum absolute atomic E-state index is 8.94. The van der Waals surface area contributed by atoms with Gasteiger partial charge in [-0.15, -0.1) is 0 Å². The fourth-order valence-electron chi connectivity index (χ4n) is 1.62. The highest BCUT2D eigenvalue weighted by molar-refractivity contribution is 6.31. The number of benzene rings is 2. The molecule has 82 valence electrons. The van der Waals surface area contributed by atoms with E-state index in [-0.39, 0.29) is 6.61 Å². The molecule has 2 aromatic carbocycles. The Bertz CT molecular complexity index is 462. The largest absolute Gasteiger partial charge is 0.392 e. The van der Waals surface area contributed by atoms with Gasteiger partial charge < -0.3 is 5.11 Å². The van der Waals surface area contributed by atoms with Gasteiger partial charge in [-0.25, -0.2) is 0 Å². The molecule has 0 saturated heterocycles. The zero-order chi connectivity index (χ0) is 11.4. The minimum atomic E-state index is 0.0897. The number of aliphatic hydroxyl groups is 1. The molecular formula is C14H13ClO. The lowest BCUT2D eigenvalue weighted by Crippen LogP contribution is -1.90. The zero-order valence-electron chi connectivity index (χ0n) is 8.86. The molecule has 0 radical (unpaired) electrons. The molecule has 0 aliphatic heterocycles. The Morgan fingerprint density at radius 1 is 0.875 bits per heavy atom. The molecule has 0 amide bonds. The summed E-state index contributed by atoms with van der Waals surface area (Å²) in [7, 11) is 0. The van der Waals surface area contributed by atoms with E-state index in [0.717, 1.165) is 22.6 Å². The quantitative estimate of drug-likeness (QED) is 0.860. The van der Waals surface area contributed by atoms with Crippen molar-refractivity contribution in [2.75, 3.05) is 0 Å². The summed E-state index contributed by atoms with van der Waals surface area (Å²) in [4.78, 5) is 0. The first-order chi connectivity index (χ1) is 7.79. The molecule has 0 heterocycles. The lowest BCUT2D eigenvalue weighted by atomic mass is 10.0. The van der Waals surface area contributed by atoms with Crippen LogP contribution in [0, 0.1) is 0 Å². The highest BCUT2D eigenvalue weighted by Gasteiger charge is 2.00. The second-order valence-corrected chi connectivity index (χ2v) is 4.15. The van der Waals surface area contributed by atoms with Crippen LogP contribution in [0.25, 0.3) is 0 Å². The van der Waals surface area contributed by atoms with Crippen LogP contribution in [-0.2, 0) is 13.0 Å². The minimum absolute atomic E-state index is 0.0897. The summed E-state index contributed by atoms with van der Waals surface area (Å²) in [6.45, 7) is 0.0897. The molecule has 2 aromatic rings. The second-order valence-electron chi connectivity index (χ2n) is 3.74. The fourth-order valence-corrected chi connectivity index (χ4v) is 1.83. The summed E-state index contributed by atoms with van der Waals surface area (Å²) < 4.78 is 0. The number of halogens is 1. The molecule has 2 rings (SSSR count). The van der Waals surface area contributed by atoms with Crippen molar-refractivity contribution < 1.29 is 5.11 Å². The summed E-state index contributed by atoms with van der Waals surface area (Å²) in [5, 5.41) is 9.74. The molecule has 16 heavy (non-hydrogen) atoms. The molecule has 0 unspecified atom stereocenters. The SMILES string of the molecule is OCc1ccc(Cc2ccccc2Cl)cc1. The van der Waals surface area contributed by atoms with Crippen LogP contribution in [0.5, 0.6) is 0 Å². The Hall–Kier alpha value is -1.31. The summed E-state index contributed by atoms with van der Waals surface area (Å²) in [6, 6.07) is 15.8. The standard InChI is InChI=1S/C14H13ClO/c15-14-4-2-1-3-13(14)9-11-5-7-12(10-16)8-6-11/h1-8,16H,9-10H2. The Labute approximate surface area is 100 Å². The Morgan fingerprint density at radius 3 is 2.12 bits per heavy atom. The van der Waals surface area contributed by atoms with E-state index >= 15 is 0 Å². The van der Waals surface area contributed by atoms with Gasteiger partial charge in [-0.1, -0.05) is 54.1 Å². The van der Waals surface area contributed by atoms with Gasteiger partial charge in [0.15, 0.2) is 0 Å². The van der Waals surface area contributed by atoms with Gasteiger partial charge in [0, 0.05) is 5.02 Å². The number of hydrogen-bond donors (Lipinski definition) is 1. The van der Waals surface area contributed by atoms with Gasteiger partial charge in [0.25, 0.3) is 0 Å². The Balaban J connectivity index is 2.18. The molecule has 0 aromatic heterocycles. The fraction of sp³-hybridized carbons (Fsp3) is 0.143. The van der Waals surface area contributed by atoms with Gasteiger partial charge >= 0.3 is 0 Å². The summed E-state index contributed by atoms with van der Waals surface area (Å²) >= 11 is 6.09. The average molecular weight is 233 g/mol. The van der Waals surface area contributed by atoms with Gasteiger partial charge in [-0.05, 0) is 29.2 Å². The van der Waals surface area contributed by atoms with Crippen LogP contribution in [0.4, 0.5) is 0 Å². The molecule has 1 N–H and O–H groups in total. The molecule has 1 nitrogen and oxygen atoms in total. The van der Waals surface area contributed by atoms with Gasteiger partial charge in [0.05, 0.1) is 6.61 Å². The van der Waals surface area contributed by atoms with E-state index < -0.39 is 0 Å². The van der Waals surface area contributed by atoms with Crippen molar-refractivity contribution >= 4 is 11.6 Å². The molecule has 0 bridgehead atoms.